The summed E-state index contributed by atoms with van der Waals surface area (Å²) in [6.07, 6.45) is 1.80. The van der Waals surface area contributed by atoms with Crippen LogP contribution in [0.4, 0.5) is 0 Å². The van der Waals surface area contributed by atoms with Crippen LogP contribution in [0.1, 0.15) is 32.3 Å². The summed E-state index contributed by atoms with van der Waals surface area (Å²) >= 11 is 1.78. The van der Waals surface area contributed by atoms with E-state index in [-0.39, 0.29) is 12.0 Å². The fourth-order valence-electron chi connectivity index (χ4n) is 1.86. The molecule has 0 amide bonds. The van der Waals surface area contributed by atoms with Crippen LogP contribution in [0.5, 0.6) is 0 Å². The van der Waals surface area contributed by atoms with Gasteiger partial charge in [-0.05, 0) is 45.4 Å². The molecule has 1 N–H and O–H groups in total. The molecule has 1 rings (SSSR count). The summed E-state index contributed by atoms with van der Waals surface area (Å²) in [4.78, 5) is 13.1. The van der Waals surface area contributed by atoms with E-state index in [9.17, 15) is 4.79 Å². The van der Waals surface area contributed by atoms with Crippen LogP contribution in [-0.4, -0.2) is 30.9 Å². The number of carbonyl (C=O) groups excluding carboxylic acids is 1. The molecule has 0 heterocycles. The summed E-state index contributed by atoms with van der Waals surface area (Å²) in [5.41, 5.74) is 1.26. The van der Waals surface area contributed by atoms with Gasteiger partial charge < -0.3 is 10.1 Å². The molecule has 20 heavy (non-hydrogen) atoms. The smallest absolute Gasteiger partial charge is 0.323 e. The average Bonchev–Trinajstić information content (AvgIpc) is 2.43. The molecular formula is C16H25NO2S. The third-order valence-electron chi connectivity index (χ3n) is 2.88. The predicted molar refractivity (Wildman–Crippen MR) is 85.2 cm³/mol. The van der Waals surface area contributed by atoms with Gasteiger partial charge >= 0.3 is 5.97 Å². The first kappa shape index (κ1) is 17.1. The standard InChI is InChI=1S/C16H25NO2S/c1-4-10-17-15(16(18)19-5-2)9-11-20-14-8-6-7-13(3)12-14/h6-8,12,15,17H,4-5,9-11H2,1-3H3. The number of benzene rings is 1. The van der Waals surface area contributed by atoms with E-state index < -0.39 is 0 Å². The molecule has 0 fully saturated rings. The average molecular weight is 295 g/mol. The number of thioether (sulfide) groups is 1. The molecule has 1 unspecified atom stereocenters. The van der Waals surface area contributed by atoms with Crippen molar-refractivity contribution in [2.45, 2.75) is 44.6 Å². The van der Waals surface area contributed by atoms with Crippen LogP contribution in [0, 0.1) is 6.92 Å². The van der Waals surface area contributed by atoms with Crippen molar-refractivity contribution in [3.8, 4) is 0 Å². The Morgan fingerprint density at radius 1 is 1.40 bits per heavy atom. The summed E-state index contributed by atoms with van der Waals surface area (Å²) in [5, 5.41) is 3.26. The summed E-state index contributed by atoms with van der Waals surface area (Å²) in [7, 11) is 0. The van der Waals surface area contributed by atoms with Crippen molar-refractivity contribution in [1.82, 2.24) is 5.32 Å². The zero-order valence-electron chi connectivity index (χ0n) is 12.6. The Morgan fingerprint density at radius 2 is 2.20 bits per heavy atom. The fraction of sp³-hybridized carbons (Fsp3) is 0.562. The lowest BCUT2D eigenvalue weighted by atomic mass is 10.2. The Hall–Kier alpha value is -1.00. The summed E-state index contributed by atoms with van der Waals surface area (Å²) in [5.74, 6) is 0.773. The summed E-state index contributed by atoms with van der Waals surface area (Å²) in [6, 6.07) is 8.25. The van der Waals surface area contributed by atoms with Crippen LogP contribution in [0.2, 0.25) is 0 Å². The van der Waals surface area contributed by atoms with E-state index in [4.69, 9.17) is 4.74 Å². The van der Waals surface area contributed by atoms with Gasteiger partial charge in [-0.25, -0.2) is 0 Å². The van der Waals surface area contributed by atoms with Gasteiger partial charge in [0.1, 0.15) is 6.04 Å². The maximum atomic E-state index is 11.9. The molecule has 0 aliphatic carbocycles. The van der Waals surface area contributed by atoms with Gasteiger partial charge in [0, 0.05) is 10.6 Å². The van der Waals surface area contributed by atoms with E-state index in [0.717, 1.165) is 25.1 Å². The minimum absolute atomic E-state index is 0.134. The van der Waals surface area contributed by atoms with Gasteiger partial charge in [-0.2, -0.15) is 0 Å². The van der Waals surface area contributed by atoms with Gasteiger partial charge in [0.05, 0.1) is 6.61 Å². The van der Waals surface area contributed by atoms with E-state index in [1.807, 2.05) is 6.92 Å². The number of hydrogen-bond donors (Lipinski definition) is 1. The second-order valence-electron chi connectivity index (χ2n) is 4.71. The molecule has 0 radical (unpaired) electrons. The van der Waals surface area contributed by atoms with Crippen LogP contribution in [-0.2, 0) is 9.53 Å². The molecule has 1 atom stereocenters. The number of nitrogens with one attached hydrogen (secondary N) is 1. The van der Waals surface area contributed by atoms with Crippen LogP contribution >= 0.6 is 11.8 Å². The highest BCUT2D eigenvalue weighted by Gasteiger charge is 2.18. The van der Waals surface area contributed by atoms with Gasteiger partial charge in [-0.3, -0.25) is 4.79 Å². The monoisotopic (exact) mass is 295 g/mol. The lowest BCUT2D eigenvalue weighted by Gasteiger charge is -2.16. The number of esters is 1. The third kappa shape index (κ3) is 6.44. The quantitative estimate of drug-likeness (QED) is 0.560. The van der Waals surface area contributed by atoms with Gasteiger partial charge in [0.25, 0.3) is 0 Å². The highest BCUT2D eigenvalue weighted by Crippen LogP contribution is 2.20. The molecule has 0 saturated carbocycles. The highest BCUT2D eigenvalue weighted by molar-refractivity contribution is 7.99. The van der Waals surface area contributed by atoms with Crippen molar-refractivity contribution >= 4 is 17.7 Å². The van der Waals surface area contributed by atoms with Gasteiger partial charge in [0.2, 0.25) is 0 Å². The molecule has 0 aliphatic heterocycles. The largest absolute Gasteiger partial charge is 0.465 e. The van der Waals surface area contributed by atoms with Gasteiger partial charge in [0.15, 0.2) is 0 Å². The Morgan fingerprint density at radius 3 is 2.85 bits per heavy atom. The van der Waals surface area contributed by atoms with Gasteiger partial charge in [-0.1, -0.05) is 24.6 Å². The molecule has 0 aliphatic rings. The second-order valence-corrected chi connectivity index (χ2v) is 5.88. The first-order chi connectivity index (χ1) is 9.67. The van der Waals surface area contributed by atoms with E-state index >= 15 is 0 Å². The van der Waals surface area contributed by atoms with Crippen molar-refractivity contribution in [1.29, 1.82) is 0 Å². The molecule has 0 aromatic heterocycles. The number of hydrogen-bond acceptors (Lipinski definition) is 4. The lowest BCUT2D eigenvalue weighted by molar-refractivity contribution is -0.145. The minimum atomic E-state index is -0.188. The number of carbonyl (C=O) groups is 1. The maximum Gasteiger partial charge on any atom is 0.323 e. The van der Waals surface area contributed by atoms with Crippen LogP contribution in [0.3, 0.4) is 0 Å². The Bertz CT molecular complexity index is 409. The highest BCUT2D eigenvalue weighted by atomic mass is 32.2. The van der Waals surface area contributed by atoms with Crippen LogP contribution in [0.25, 0.3) is 0 Å². The molecule has 0 spiro atoms. The van der Waals surface area contributed by atoms with E-state index in [1.54, 1.807) is 11.8 Å². The molecule has 1 aromatic carbocycles. The fourth-order valence-corrected chi connectivity index (χ4v) is 2.90. The Balaban J connectivity index is 2.42. The summed E-state index contributed by atoms with van der Waals surface area (Å²) < 4.78 is 5.11. The molecular weight excluding hydrogens is 270 g/mol. The Labute approximate surface area is 126 Å². The normalized spacial score (nSPS) is 12.2. The SMILES string of the molecule is CCCNC(CCSc1cccc(C)c1)C(=O)OCC. The molecule has 112 valence electrons. The van der Waals surface area contributed by atoms with E-state index in [0.29, 0.717) is 6.61 Å². The Kier molecular flexibility index (Phi) is 8.38. The van der Waals surface area contributed by atoms with Crippen molar-refractivity contribution in [3.63, 3.8) is 0 Å². The molecule has 0 bridgehead atoms. The van der Waals surface area contributed by atoms with Crippen molar-refractivity contribution in [3.05, 3.63) is 29.8 Å². The van der Waals surface area contributed by atoms with Gasteiger partial charge in [-0.15, -0.1) is 11.8 Å². The van der Waals surface area contributed by atoms with E-state index in [1.165, 1.54) is 10.5 Å². The first-order valence-electron chi connectivity index (χ1n) is 7.26. The zero-order valence-corrected chi connectivity index (χ0v) is 13.5. The first-order valence-corrected chi connectivity index (χ1v) is 8.25. The number of aryl methyl sites for hydroxylation is 1. The lowest BCUT2D eigenvalue weighted by Crippen LogP contribution is -2.39. The molecule has 3 nitrogen and oxygen atoms in total. The van der Waals surface area contributed by atoms with Crippen molar-refractivity contribution in [2.24, 2.45) is 0 Å². The third-order valence-corrected chi connectivity index (χ3v) is 3.90. The van der Waals surface area contributed by atoms with Crippen molar-refractivity contribution in [2.75, 3.05) is 18.9 Å². The van der Waals surface area contributed by atoms with Crippen molar-refractivity contribution < 1.29 is 9.53 Å². The minimum Gasteiger partial charge on any atom is -0.465 e. The molecule has 0 saturated heterocycles. The topological polar surface area (TPSA) is 38.3 Å². The van der Waals surface area contributed by atoms with Crippen LogP contribution < -0.4 is 5.32 Å². The number of rotatable bonds is 9. The predicted octanol–water partition coefficient (Wildman–Crippen LogP) is 3.41. The second kappa shape index (κ2) is 9.83. The maximum absolute atomic E-state index is 11.9. The molecule has 1 aromatic rings. The van der Waals surface area contributed by atoms with Crippen LogP contribution in [0.15, 0.2) is 29.2 Å². The summed E-state index contributed by atoms with van der Waals surface area (Å²) in [6.45, 7) is 7.31. The molecule has 4 heteroatoms. The van der Waals surface area contributed by atoms with E-state index in [2.05, 4.69) is 43.4 Å². The number of ether oxygens (including phenoxy) is 1. The zero-order chi connectivity index (χ0) is 14.8.